The van der Waals surface area contributed by atoms with Gasteiger partial charge < -0.3 is 24.8 Å². The summed E-state index contributed by atoms with van der Waals surface area (Å²) >= 11 is 0. The van der Waals surface area contributed by atoms with Crippen molar-refractivity contribution >= 4 is 17.0 Å². The van der Waals surface area contributed by atoms with Gasteiger partial charge in [-0.15, -0.1) is 0 Å². The normalized spacial score (nSPS) is 27.8. The number of fused-ring (bicyclic) bond motifs is 1. The Labute approximate surface area is 159 Å². The highest BCUT2D eigenvalue weighted by Gasteiger charge is 2.48. The number of aliphatic hydroxyl groups excluding tert-OH is 2. The molecule has 1 aliphatic carbocycles. The molecule has 148 valence electrons. The Morgan fingerprint density at radius 1 is 1.18 bits per heavy atom. The van der Waals surface area contributed by atoms with Crippen molar-refractivity contribution in [3.63, 3.8) is 0 Å². The number of anilines is 1. The minimum atomic E-state index is -1.22. The van der Waals surface area contributed by atoms with Gasteiger partial charge in [0.25, 0.3) is 5.89 Å². The van der Waals surface area contributed by atoms with Gasteiger partial charge in [0, 0.05) is 12.0 Å². The van der Waals surface area contributed by atoms with Crippen LogP contribution < -0.4 is 5.32 Å². The molecule has 3 aromatic heterocycles. The molecule has 11 heteroatoms. The fourth-order valence-corrected chi connectivity index (χ4v) is 3.38. The van der Waals surface area contributed by atoms with Gasteiger partial charge >= 0.3 is 0 Å². The van der Waals surface area contributed by atoms with Crippen LogP contribution in [-0.2, 0) is 4.74 Å². The van der Waals surface area contributed by atoms with Gasteiger partial charge in [0.15, 0.2) is 35.1 Å². The van der Waals surface area contributed by atoms with E-state index in [1.807, 2.05) is 13.8 Å². The van der Waals surface area contributed by atoms with Crippen molar-refractivity contribution in [1.29, 1.82) is 0 Å². The maximum atomic E-state index is 10.6. The van der Waals surface area contributed by atoms with Crippen molar-refractivity contribution in [2.75, 3.05) is 5.32 Å². The van der Waals surface area contributed by atoms with Gasteiger partial charge in [-0.1, -0.05) is 5.16 Å². The van der Waals surface area contributed by atoms with Crippen LogP contribution in [0.3, 0.4) is 0 Å². The molecule has 5 rings (SSSR count). The molecule has 0 bridgehead atoms. The van der Waals surface area contributed by atoms with E-state index in [0.29, 0.717) is 28.7 Å². The number of aromatic nitrogens is 6. The van der Waals surface area contributed by atoms with Gasteiger partial charge in [0.1, 0.15) is 18.5 Å². The van der Waals surface area contributed by atoms with E-state index >= 15 is 0 Å². The first-order valence-electron chi connectivity index (χ1n) is 9.32. The Balaban J connectivity index is 1.46. The summed E-state index contributed by atoms with van der Waals surface area (Å²) in [6.45, 7) is 3.99. The van der Waals surface area contributed by atoms with Gasteiger partial charge in [-0.3, -0.25) is 4.57 Å². The van der Waals surface area contributed by atoms with Crippen molar-refractivity contribution in [3.05, 3.63) is 24.4 Å². The lowest BCUT2D eigenvalue weighted by atomic mass is 10.1. The molecule has 0 spiro atoms. The fraction of sp³-hybridized carbons (Fsp3) is 0.588. The molecule has 3 N–H and O–H groups in total. The van der Waals surface area contributed by atoms with Crippen LogP contribution in [0.5, 0.6) is 0 Å². The highest BCUT2D eigenvalue weighted by molar-refractivity contribution is 5.82. The van der Waals surface area contributed by atoms with Crippen LogP contribution in [0.2, 0.25) is 0 Å². The first kappa shape index (κ1) is 17.5. The number of nitrogens with one attached hydrogen (secondary N) is 1. The van der Waals surface area contributed by atoms with Crippen LogP contribution in [0.15, 0.2) is 17.2 Å². The molecule has 28 heavy (non-hydrogen) atoms. The van der Waals surface area contributed by atoms with Crippen LogP contribution >= 0.6 is 0 Å². The van der Waals surface area contributed by atoms with E-state index in [1.165, 1.54) is 12.7 Å². The van der Waals surface area contributed by atoms with Gasteiger partial charge in [-0.2, -0.15) is 4.98 Å². The van der Waals surface area contributed by atoms with E-state index in [4.69, 9.17) is 9.26 Å². The SMILES string of the molecule is CC(C)Nc1ncnc2c1ncn2[C@@H]1O[C@H](c2nc(C3CC3)no2)[C@@H](O)[C@H]1O. The second-order valence-corrected chi connectivity index (χ2v) is 7.54. The number of hydrogen-bond donors (Lipinski definition) is 3. The predicted octanol–water partition coefficient (Wildman–Crippen LogP) is 0.899. The highest BCUT2D eigenvalue weighted by Crippen LogP contribution is 2.42. The van der Waals surface area contributed by atoms with E-state index in [-0.39, 0.29) is 11.9 Å². The number of rotatable bonds is 5. The second-order valence-electron chi connectivity index (χ2n) is 7.54. The molecule has 1 saturated carbocycles. The first-order chi connectivity index (χ1) is 13.5. The van der Waals surface area contributed by atoms with Crippen LogP contribution in [0, 0.1) is 0 Å². The lowest BCUT2D eigenvalue weighted by Gasteiger charge is -2.16. The van der Waals surface area contributed by atoms with E-state index in [9.17, 15) is 10.2 Å². The Bertz CT molecular complexity index is 998. The summed E-state index contributed by atoms with van der Waals surface area (Å²) in [6.07, 6.45) is 0.741. The molecule has 2 aliphatic rings. The summed E-state index contributed by atoms with van der Waals surface area (Å²) < 4.78 is 12.7. The monoisotopic (exact) mass is 387 g/mol. The summed E-state index contributed by atoms with van der Waals surface area (Å²) in [5.74, 6) is 1.69. The lowest BCUT2D eigenvalue weighted by molar-refractivity contribution is -0.0451. The zero-order chi connectivity index (χ0) is 19.4. The van der Waals surface area contributed by atoms with E-state index in [0.717, 1.165) is 12.8 Å². The Morgan fingerprint density at radius 2 is 2.00 bits per heavy atom. The standard InChI is InChI=1S/C17H21N7O4/c1-7(2)21-14-9-15(19-5-18-14)24(6-20-9)17-11(26)10(25)12(27-17)16-22-13(23-28-16)8-3-4-8/h5-8,10-12,17,25-26H,3-4H2,1-2H3,(H,18,19,21)/t10-,11+,12-,17+/m0/s1. The molecule has 0 amide bonds. The first-order valence-corrected chi connectivity index (χ1v) is 9.32. The summed E-state index contributed by atoms with van der Waals surface area (Å²) in [6, 6.07) is 0.168. The Kier molecular flexibility index (Phi) is 4.03. The van der Waals surface area contributed by atoms with Crippen molar-refractivity contribution < 1.29 is 19.5 Å². The lowest BCUT2D eigenvalue weighted by Crippen LogP contribution is -2.29. The molecule has 4 atom stereocenters. The molecule has 2 fully saturated rings. The van der Waals surface area contributed by atoms with Gasteiger partial charge in [-0.05, 0) is 26.7 Å². The largest absolute Gasteiger partial charge is 0.387 e. The van der Waals surface area contributed by atoms with Crippen LogP contribution in [0.25, 0.3) is 11.2 Å². The summed E-state index contributed by atoms with van der Waals surface area (Å²) in [4.78, 5) is 17.2. The summed E-state index contributed by atoms with van der Waals surface area (Å²) in [5.41, 5.74) is 1.04. The zero-order valence-electron chi connectivity index (χ0n) is 15.4. The molecule has 1 saturated heterocycles. The average Bonchev–Trinajstić information content (AvgIpc) is 3.12. The molecule has 4 heterocycles. The molecular weight excluding hydrogens is 366 g/mol. The van der Waals surface area contributed by atoms with E-state index in [1.54, 1.807) is 4.57 Å². The topological polar surface area (TPSA) is 144 Å². The van der Waals surface area contributed by atoms with Crippen molar-refractivity contribution in [3.8, 4) is 0 Å². The van der Waals surface area contributed by atoms with Crippen molar-refractivity contribution in [1.82, 2.24) is 29.7 Å². The molecule has 0 radical (unpaired) electrons. The van der Waals surface area contributed by atoms with Crippen LogP contribution in [0.4, 0.5) is 5.82 Å². The maximum absolute atomic E-state index is 10.6. The van der Waals surface area contributed by atoms with Crippen LogP contribution in [0.1, 0.15) is 56.7 Å². The van der Waals surface area contributed by atoms with Gasteiger partial charge in [-0.25, -0.2) is 15.0 Å². The summed E-state index contributed by atoms with van der Waals surface area (Å²) in [7, 11) is 0. The van der Waals surface area contributed by atoms with Crippen LogP contribution in [-0.4, -0.2) is 58.1 Å². The fourth-order valence-electron chi connectivity index (χ4n) is 3.38. The molecule has 1 aliphatic heterocycles. The van der Waals surface area contributed by atoms with E-state index in [2.05, 4.69) is 30.4 Å². The number of aliphatic hydroxyl groups is 2. The van der Waals surface area contributed by atoms with Crippen molar-refractivity contribution in [2.24, 2.45) is 0 Å². The molecule has 0 aromatic carbocycles. The molecule has 11 nitrogen and oxygen atoms in total. The second kappa shape index (κ2) is 6.47. The maximum Gasteiger partial charge on any atom is 0.258 e. The predicted molar refractivity (Wildman–Crippen MR) is 95.2 cm³/mol. The van der Waals surface area contributed by atoms with Gasteiger partial charge in [0.2, 0.25) is 0 Å². The van der Waals surface area contributed by atoms with Gasteiger partial charge in [0.05, 0.1) is 6.33 Å². The molecule has 0 unspecified atom stereocenters. The minimum Gasteiger partial charge on any atom is -0.387 e. The number of ether oxygens (including phenoxy) is 1. The smallest absolute Gasteiger partial charge is 0.258 e. The average molecular weight is 387 g/mol. The number of imidazole rings is 1. The third-order valence-electron chi connectivity index (χ3n) is 4.94. The number of nitrogens with zero attached hydrogens (tertiary/aromatic N) is 6. The third kappa shape index (κ3) is 2.82. The quantitative estimate of drug-likeness (QED) is 0.577. The Hall–Kier alpha value is -2.63. The highest BCUT2D eigenvalue weighted by atomic mass is 16.6. The Morgan fingerprint density at radius 3 is 2.75 bits per heavy atom. The minimum absolute atomic E-state index is 0.164. The molecular formula is C17H21N7O4. The zero-order valence-corrected chi connectivity index (χ0v) is 15.4. The number of hydrogen-bond acceptors (Lipinski definition) is 10. The van der Waals surface area contributed by atoms with E-state index < -0.39 is 24.5 Å². The van der Waals surface area contributed by atoms with Crippen molar-refractivity contribution in [2.45, 2.75) is 63.2 Å². The third-order valence-corrected chi connectivity index (χ3v) is 4.94. The molecule has 3 aromatic rings. The summed E-state index contributed by atoms with van der Waals surface area (Å²) in [5, 5.41) is 28.3.